The lowest BCUT2D eigenvalue weighted by molar-refractivity contribution is -0.345. The van der Waals surface area contributed by atoms with Crippen LogP contribution in [0.25, 0.3) is 0 Å². The van der Waals surface area contributed by atoms with Gasteiger partial charge in [0.15, 0.2) is 0 Å². The van der Waals surface area contributed by atoms with Gasteiger partial charge in [-0.1, -0.05) is 0 Å². The zero-order chi connectivity index (χ0) is 17.4. The van der Waals surface area contributed by atoms with E-state index in [1.807, 2.05) is 0 Å². The van der Waals surface area contributed by atoms with Crippen LogP contribution in [0.1, 0.15) is 0 Å². The van der Waals surface area contributed by atoms with Gasteiger partial charge in [0, 0.05) is 0 Å². The minimum Gasteiger partial charge on any atom is -0.394 e. The van der Waals surface area contributed by atoms with Crippen LogP contribution in [0.15, 0.2) is 0 Å². The van der Waals surface area contributed by atoms with Crippen molar-refractivity contribution in [3.8, 4) is 0 Å². The first-order valence-electron chi connectivity index (χ1n) is 7.00. The lowest BCUT2D eigenvalue weighted by Gasteiger charge is -2.42. The molecule has 0 aliphatic carbocycles. The van der Waals surface area contributed by atoms with Crippen LogP contribution in [0.3, 0.4) is 0 Å². The number of aliphatic hydroxyl groups is 8. The van der Waals surface area contributed by atoms with Gasteiger partial charge in [-0.2, -0.15) is 0 Å². The molecule has 0 bridgehead atoms. The van der Waals surface area contributed by atoms with Crippen LogP contribution in [0.2, 0.25) is 0 Å². The highest BCUT2D eigenvalue weighted by Gasteiger charge is 2.55. The molecule has 2 heterocycles. The van der Waals surface area contributed by atoms with E-state index in [-0.39, 0.29) is 0 Å². The van der Waals surface area contributed by atoms with E-state index in [2.05, 4.69) is 0 Å². The maximum atomic E-state index is 10.2. The molecule has 136 valence electrons. The predicted molar refractivity (Wildman–Crippen MR) is 68.7 cm³/mol. The molecular weight excluding hydrogens is 320 g/mol. The van der Waals surface area contributed by atoms with Gasteiger partial charge in [-0.05, 0) is 0 Å². The summed E-state index contributed by atoms with van der Waals surface area (Å²) >= 11 is 0. The molecule has 2 aliphatic rings. The van der Waals surface area contributed by atoms with E-state index in [0.29, 0.717) is 0 Å². The molecule has 0 aromatic heterocycles. The van der Waals surface area contributed by atoms with Crippen molar-refractivity contribution >= 4 is 0 Å². The third-order valence-electron chi connectivity index (χ3n) is 4.10. The first-order chi connectivity index (χ1) is 10.7. The Morgan fingerprint density at radius 2 is 1.57 bits per heavy atom. The normalized spacial score (nSPS) is 51.1. The third kappa shape index (κ3) is 3.36. The van der Waals surface area contributed by atoms with Gasteiger partial charge in [0.1, 0.15) is 43.2 Å². The average molecular weight is 342 g/mol. The summed E-state index contributed by atoms with van der Waals surface area (Å²) in [5.41, 5.74) is 0. The Balaban J connectivity index is 1.98. The molecule has 0 aromatic rings. The van der Waals surface area contributed by atoms with E-state index in [9.17, 15) is 30.6 Å². The van der Waals surface area contributed by atoms with Gasteiger partial charge in [0.25, 0.3) is 0 Å². The molecule has 2 rings (SSSR count). The van der Waals surface area contributed by atoms with E-state index < -0.39 is 74.6 Å². The molecule has 0 amide bonds. The molecule has 8 N–H and O–H groups in total. The lowest BCUT2D eigenvalue weighted by Crippen LogP contribution is -2.63. The lowest BCUT2D eigenvalue weighted by atomic mass is 9.97. The number of hydrogen-bond donors (Lipinski definition) is 8. The maximum absolute atomic E-state index is 10.2. The quantitative estimate of drug-likeness (QED) is 0.223. The fraction of sp³-hybridized carbons (Fsp3) is 1.00. The molecule has 0 spiro atoms. The molecule has 11 heteroatoms. The van der Waals surface area contributed by atoms with Crippen molar-refractivity contribution in [3.05, 3.63) is 0 Å². The summed E-state index contributed by atoms with van der Waals surface area (Å²) in [6, 6.07) is 0. The second-order valence-electron chi connectivity index (χ2n) is 5.72. The number of ether oxygens (including phenoxy) is 3. The highest BCUT2D eigenvalue weighted by molar-refractivity contribution is 4.97. The molecule has 0 radical (unpaired) electrons. The third-order valence-corrected chi connectivity index (χ3v) is 4.10. The summed E-state index contributed by atoms with van der Waals surface area (Å²) < 4.78 is 14.9. The van der Waals surface area contributed by atoms with Gasteiger partial charge < -0.3 is 55.1 Å². The molecule has 2 fully saturated rings. The minimum absolute atomic E-state index is 0.575. The van der Waals surface area contributed by atoms with Gasteiger partial charge in [-0.25, -0.2) is 0 Å². The summed E-state index contributed by atoms with van der Waals surface area (Å²) in [6.07, 6.45) is -9.25. The van der Waals surface area contributed by atoms with Crippen molar-refractivity contribution in [1.82, 2.24) is 0 Å². The highest BCUT2D eigenvalue weighted by Crippen LogP contribution is 2.31. The van der Waals surface area contributed by atoms with E-state index in [4.69, 9.17) is 24.4 Å². The molecule has 2 aliphatic heterocycles. The molecule has 1 unspecified atom stereocenters. The summed E-state index contributed by atoms with van der Waals surface area (Å²) in [6.45, 7) is -2.72. The molecule has 23 heavy (non-hydrogen) atoms. The predicted octanol–water partition coefficient (Wildman–Crippen LogP) is -5.39. The van der Waals surface area contributed by atoms with E-state index >= 15 is 0 Å². The Kier molecular flexibility index (Phi) is 5.60. The van der Waals surface area contributed by atoms with Crippen LogP contribution in [0.5, 0.6) is 0 Å². The largest absolute Gasteiger partial charge is 0.394 e. The van der Waals surface area contributed by atoms with Crippen molar-refractivity contribution < 1.29 is 55.1 Å². The SMILES string of the molecule is OC[C@H]1OC[C@@](O)(OC[C@H]2OC(O)(CO)[C@@H](O)[C@@H]2O)[C@@H](O)[C@@H]1O. The number of hydrogen-bond acceptors (Lipinski definition) is 11. The Hall–Kier alpha value is -0.440. The Labute approximate surface area is 130 Å². The highest BCUT2D eigenvalue weighted by atomic mass is 16.7. The van der Waals surface area contributed by atoms with Crippen molar-refractivity contribution in [2.75, 3.05) is 26.4 Å². The molecular formula is C12H22O11. The van der Waals surface area contributed by atoms with Gasteiger partial charge in [0.05, 0.1) is 19.8 Å². The zero-order valence-corrected chi connectivity index (χ0v) is 12.1. The fourth-order valence-corrected chi connectivity index (χ4v) is 2.53. The first kappa shape index (κ1) is 18.9. The Morgan fingerprint density at radius 3 is 2.09 bits per heavy atom. The Bertz CT molecular complexity index is 408. The van der Waals surface area contributed by atoms with Crippen molar-refractivity contribution in [2.45, 2.75) is 48.2 Å². The zero-order valence-electron chi connectivity index (χ0n) is 12.1. The smallest absolute Gasteiger partial charge is 0.219 e. The van der Waals surface area contributed by atoms with Crippen LogP contribution in [-0.2, 0) is 14.2 Å². The van der Waals surface area contributed by atoms with Gasteiger partial charge in [-0.15, -0.1) is 0 Å². The van der Waals surface area contributed by atoms with Gasteiger partial charge in [-0.3, -0.25) is 0 Å². The van der Waals surface area contributed by atoms with Crippen LogP contribution >= 0.6 is 0 Å². The van der Waals surface area contributed by atoms with Crippen molar-refractivity contribution in [2.24, 2.45) is 0 Å². The van der Waals surface area contributed by atoms with Crippen LogP contribution in [0.4, 0.5) is 0 Å². The Morgan fingerprint density at radius 1 is 0.957 bits per heavy atom. The fourth-order valence-electron chi connectivity index (χ4n) is 2.53. The van der Waals surface area contributed by atoms with E-state index in [1.165, 1.54) is 0 Å². The van der Waals surface area contributed by atoms with Crippen LogP contribution < -0.4 is 0 Å². The maximum Gasteiger partial charge on any atom is 0.219 e. The van der Waals surface area contributed by atoms with Gasteiger partial charge >= 0.3 is 0 Å². The van der Waals surface area contributed by atoms with E-state index in [0.717, 1.165) is 0 Å². The summed E-state index contributed by atoms with van der Waals surface area (Å²) in [5, 5.41) is 76.8. The summed E-state index contributed by atoms with van der Waals surface area (Å²) in [5.74, 6) is -4.72. The standard InChI is InChI=1S/C12H22O11/c13-1-5-7(15)10(18)12(20,4-21-5)22-2-6-8(16)9(17)11(19,3-14)23-6/h5-10,13-20H,1-4H2/t5-,6-,7-,8-,9+,10+,11?,12-/m1/s1. The summed E-state index contributed by atoms with van der Waals surface area (Å²) in [4.78, 5) is 0. The van der Waals surface area contributed by atoms with Crippen LogP contribution in [-0.4, -0.2) is 115 Å². The first-order valence-corrected chi connectivity index (χ1v) is 7.00. The minimum atomic E-state index is -2.38. The van der Waals surface area contributed by atoms with Crippen molar-refractivity contribution in [1.29, 1.82) is 0 Å². The molecule has 2 saturated heterocycles. The van der Waals surface area contributed by atoms with Gasteiger partial charge in [0.2, 0.25) is 11.6 Å². The van der Waals surface area contributed by atoms with Crippen molar-refractivity contribution in [3.63, 3.8) is 0 Å². The molecule has 11 nitrogen and oxygen atoms in total. The topological polar surface area (TPSA) is 190 Å². The van der Waals surface area contributed by atoms with E-state index in [1.54, 1.807) is 0 Å². The monoisotopic (exact) mass is 342 g/mol. The number of rotatable bonds is 5. The molecule has 8 atom stereocenters. The molecule has 0 aromatic carbocycles. The van der Waals surface area contributed by atoms with Crippen LogP contribution in [0, 0.1) is 0 Å². The number of aliphatic hydroxyl groups excluding tert-OH is 6. The average Bonchev–Trinajstić information content (AvgIpc) is 2.76. The second-order valence-corrected chi connectivity index (χ2v) is 5.72. The second kappa shape index (κ2) is 6.82. The molecule has 0 saturated carbocycles. The summed E-state index contributed by atoms with van der Waals surface area (Å²) in [7, 11) is 0.